The van der Waals surface area contributed by atoms with Crippen molar-refractivity contribution in [2.45, 2.75) is 18.8 Å². The molecule has 19 heavy (non-hydrogen) atoms. The van der Waals surface area contributed by atoms with Gasteiger partial charge in [0.1, 0.15) is 0 Å². The third-order valence-electron chi connectivity index (χ3n) is 3.80. The summed E-state index contributed by atoms with van der Waals surface area (Å²) in [6.45, 7) is 0.953. The zero-order valence-electron chi connectivity index (χ0n) is 12.5. The van der Waals surface area contributed by atoms with Crippen LogP contribution in [0.3, 0.4) is 0 Å². The molecule has 1 aliphatic carbocycles. The predicted octanol–water partition coefficient (Wildman–Crippen LogP) is 2.66. The summed E-state index contributed by atoms with van der Waals surface area (Å²) in [6, 6.07) is 10.9. The highest BCUT2D eigenvalue weighted by Gasteiger charge is 2.29. The first-order valence-electron chi connectivity index (χ1n) is 7.02. The number of aliphatic imine (C=N–C) groups is 1. The predicted molar refractivity (Wildman–Crippen MR) is 81.6 cm³/mol. The highest BCUT2D eigenvalue weighted by molar-refractivity contribution is 5.79. The Bertz CT molecular complexity index is 407. The van der Waals surface area contributed by atoms with E-state index < -0.39 is 0 Å². The van der Waals surface area contributed by atoms with Crippen LogP contribution in [-0.4, -0.2) is 50.5 Å². The van der Waals surface area contributed by atoms with Crippen LogP contribution in [0.1, 0.15) is 24.3 Å². The van der Waals surface area contributed by atoms with Gasteiger partial charge in [-0.1, -0.05) is 30.3 Å². The average molecular weight is 259 g/mol. The summed E-state index contributed by atoms with van der Waals surface area (Å²) in [4.78, 5) is 8.89. The van der Waals surface area contributed by atoms with Crippen LogP contribution in [0.2, 0.25) is 0 Å². The van der Waals surface area contributed by atoms with Gasteiger partial charge in [-0.15, -0.1) is 0 Å². The normalized spacial score (nSPS) is 21.5. The van der Waals surface area contributed by atoms with E-state index in [1.807, 2.05) is 28.2 Å². The molecule has 0 amide bonds. The summed E-state index contributed by atoms with van der Waals surface area (Å²) in [6.07, 6.45) is 2.56. The highest BCUT2D eigenvalue weighted by atomic mass is 15.3. The van der Waals surface area contributed by atoms with E-state index in [4.69, 9.17) is 4.99 Å². The van der Waals surface area contributed by atoms with Gasteiger partial charge < -0.3 is 9.80 Å². The highest BCUT2D eigenvalue weighted by Crippen LogP contribution is 2.41. The lowest BCUT2D eigenvalue weighted by Gasteiger charge is -2.35. The number of rotatable bonds is 3. The molecular weight excluding hydrogens is 234 g/mol. The second kappa shape index (κ2) is 6.09. The Morgan fingerprint density at radius 3 is 2.16 bits per heavy atom. The van der Waals surface area contributed by atoms with Crippen LogP contribution >= 0.6 is 0 Å². The topological polar surface area (TPSA) is 18.8 Å². The van der Waals surface area contributed by atoms with E-state index in [-0.39, 0.29) is 0 Å². The third kappa shape index (κ3) is 3.49. The minimum atomic E-state index is 0.750. The molecule has 0 aromatic heterocycles. The Kier molecular flexibility index (Phi) is 4.46. The molecule has 2 rings (SSSR count). The van der Waals surface area contributed by atoms with Crippen LogP contribution in [0, 0.1) is 5.92 Å². The van der Waals surface area contributed by atoms with Gasteiger partial charge in [-0.25, -0.2) is 0 Å². The van der Waals surface area contributed by atoms with Gasteiger partial charge in [0.25, 0.3) is 0 Å². The molecule has 3 heteroatoms. The Balaban J connectivity index is 1.83. The fourth-order valence-electron chi connectivity index (χ4n) is 2.78. The fourth-order valence-corrected chi connectivity index (χ4v) is 2.78. The summed E-state index contributed by atoms with van der Waals surface area (Å²) in [5.74, 6) is 2.56. The van der Waals surface area contributed by atoms with Crippen LogP contribution < -0.4 is 0 Å². The van der Waals surface area contributed by atoms with Crippen LogP contribution in [0.5, 0.6) is 0 Å². The molecule has 0 heterocycles. The zero-order chi connectivity index (χ0) is 13.8. The van der Waals surface area contributed by atoms with E-state index in [0.717, 1.165) is 24.3 Å². The fraction of sp³-hybridized carbons (Fsp3) is 0.562. The first-order valence-corrected chi connectivity index (χ1v) is 7.02. The molecule has 1 aromatic carbocycles. The summed E-state index contributed by atoms with van der Waals surface area (Å²) in [5.41, 5.74) is 1.49. The number of hydrogen-bond donors (Lipinski definition) is 0. The van der Waals surface area contributed by atoms with Gasteiger partial charge in [-0.05, 0) is 30.2 Å². The second-order valence-electron chi connectivity index (χ2n) is 5.87. The van der Waals surface area contributed by atoms with Crippen molar-refractivity contribution in [2.75, 3.05) is 34.7 Å². The maximum Gasteiger partial charge on any atom is 0.195 e. The standard InChI is InChI=1S/C16H25N3/c1-18(2)16(19(3)4)17-12-13-10-15(11-13)14-8-6-5-7-9-14/h5-9,13,15H,10-12H2,1-4H3. The van der Waals surface area contributed by atoms with Crippen LogP contribution in [0.25, 0.3) is 0 Å². The zero-order valence-corrected chi connectivity index (χ0v) is 12.5. The van der Waals surface area contributed by atoms with E-state index in [2.05, 4.69) is 40.1 Å². The molecule has 0 atom stereocenters. The largest absolute Gasteiger partial charge is 0.349 e. The lowest BCUT2D eigenvalue weighted by Crippen LogP contribution is -2.36. The molecule has 1 fully saturated rings. The summed E-state index contributed by atoms with van der Waals surface area (Å²) < 4.78 is 0. The molecule has 0 spiro atoms. The Labute approximate surface area is 116 Å². The molecule has 0 bridgehead atoms. The van der Waals surface area contributed by atoms with Crippen LogP contribution in [-0.2, 0) is 0 Å². The first kappa shape index (κ1) is 13.9. The molecular formula is C16H25N3. The molecule has 0 radical (unpaired) electrons. The minimum Gasteiger partial charge on any atom is -0.349 e. The van der Waals surface area contributed by atoms with Crippen molar-refractivity contribution >= 4 is 5.96 Å². The van der Waals surface area contributed by atoms with E-state index in [9.17, 15) is 0 Å². The first-order chi connectivity index (χ1) is 9.08. The Morgan fingerprint density at radius 2 is 1.63 bits per heavy atom. The van der Waals surface area contributed by atoms with Crippen molar-refractivity contribution in [2.24, 2.45) is 10.9 Å². The molecule has 0 N–H and O–H groups in total. The van der Waals surface area contributed by atoms with Gasteiger partial charge >= 0.3 is 0 Å². The van der Waals surface area contributed by atoms with Crippen molar-refractivity contribution in [3.63, 3.8) is 0 Å². The Hall–Kier alpha value is -1.51. The molecule has 104 valence electrons. The maximum atomic E-state index is 4.74. The summed E-state index contributed by atoms with van der Waals surface area (Å²) in [5, 5.41) is 0. The number of hydrogen-bond acceptors (Lipinski definition) is 1. The van der Waals surface area contributed by atoms with E-state index in [1.165, 1.54) is 18.4 Å². The van der Waals surface area contributed by atoms with Gasteiger partial charge in [0, 0.05) is 34.7 Å². The quantitative estimate of drug-likeness (QED) is 0.614. The lowest BCUT2D eigenvalue weighted by atomic mass is 9.71. The van der Waals surface area contributed by atoms with Crippen molar-refractivity contribution in [3.05, 3.63) is 35.9 Å². The minimum absolute atomic E-state index is 0.750. The maximum absolute atomic E-state index is 4.74. The number of guanidine groups is 1. The molecule has 0 unspecified atom stereocenters. The molecule has 0 aliphatic heterocycles. The van der Waals surface area contributed by atoms with E-state index >= 15 is 0 Å². The van der Waals surface area contributed by atoms with Gasteiger partial charge in [0.2, 0.25) is 0 Å². The van der Waals surface area contributed by atoms with Gasteiger partial charge in [0.15, 0.2) is 5.96 Å². The van der Waals surface area contributed by atoms with E-state index in [0.29, 0.717) is 0 Å². The monoisotopic (exact) mass is 259 g/mol. The van der Waals surface area contributed by atoms with Gasteiger partial charge in [-0.3, -0.25) is 4.99 Å². The summed E-state index contributed by atoms with van der Waals surface area (Å²) >= 11 is 0. The molecule has 1 aliphatic rings. The van der Waals surface area contributed by atoms with Crippen LogP contribution in [0.4, 0.5) is 0 Å². The van der Waals surface area contributed by atoms with Crippen molar-refractivity contribution in [3.8, 4) is 0 Å². The molecule has 3 nitrogen and oxygen atoms in total. The average Bonchev–Trinajstić information content (AvgIpc) is 2.32. The molecule has 1 saturated carbocycles. The number of nitrogens with zero attached hydrogens (tertiary/aromatic N) is 3. The smallest absolute Gasteiger partial charge is 0.195 e. The molecule has 1 aromatic rings. The lowest BCUT2D eigenvalue weighted by molar-refractivity contribution is 0.271. The van der Waals surface area contributed by atoms with Gasteiger partial charge in [-0.2, -0.15) is 0 Å². The summed E-state index contributed by atoms with van der Waals surface area (Å²) in [7, 11) is 8.19. The van der Waals surface area contributed by atoms with Crippen LogP contribution in [0.15, 0.2) is 35.3 Å². The van der Waals surface area contributed by atoms with Crippen molar-refractivity contribution in [1.82, 2.24) is 9.80 Å². The van der Waals surface area contributed by atoms with Gasteiger partial charge in [0.05, 0.1) is 0 Å². The third-order valence-corrected chi connectivity index (χ3v) is 3.80. The molecule has 0 saturated heterocycles. The van der Waals surface area contributed by atoms with Crippen molar-refractivity contribution in [1.29, 1.82) is 0 Å². The number of benzene rings is 1. The van der Waals surface area contributed by atoms with Crippen molar-refractivity contribution < 1.29 is 0 Å². The SMILES string of the molecule is CN(C)C(=NCC1CC(c2ccccc2)C1)N(C)C. The van der Waals surface area contributed by atoms with E-state index in [1.54, 1.807) is 0 Å². The Morgan fingerprint density at radius 1 is 1.05 bits per heavy atom. The second-order valence-corrected chi connectivity index (χ2v) is 5.87.